The number of ether oxygens (including phenoxy) is 2. The summed E-state index contributed by atoms with van der Waals surface area (Å²) in [6.07, 6.45) is 4.45. The second-order valence-electron chi connectivity index (χ2n) is 6.74. The first-order valence-electron chi connectivity index (χ1n) is 8.72. The number of esters is 1. The fourth-order valence-electron chi connectivity index (χ4n) is 3.86. The molecule has 3 atom stereocenters. The summed E-state index contributed by atoms with van der Waals surface area (Å²) in [7, 11) is 3.82. The minimum absolute atomic E-state index is 0.0595. The number of hydrogen-bond acceptors (Lipinski definition) is 6. The third-order valence-electron chi connectivity index (χ3n) is 5.16. The van der Waals surface area contributed by atoms with Crippen LogP contribution in [0.15, 0.2) is 30.3 Å². The Kier molecular flexibility index (Phi) is 7.35. The first-order valence-corrected chi connectivity index (χ1v) is 8.72. The summed E-state index contributed by atoms with van der Waals surface area (Å²) in [6.45, 7) is 0.363. The third-order valence-corrected chi connectivity index (χ3v) is 5.16. The van der Waals surface area contributed by atoms with Crippen molar-refractivity contribution in [2.75, 3.05) is 20.8 Å². The van der Waals surface area contributed by atoms with Gasteiger partial charge in [0.2, 0.25) is 0 Å². The highest BCUT2D eigenvalue weighted by molar-refractivity contribution is 5.78. The first-order chi connectivity index (χ1) is 12.4. The number of hydrogen-bond donors (Lipinski definition) is 1. The average molecular weight is 366 g/mol. The Morgan fingerprint density at radius 2 is 1.85 bits per heavy atom. The minimum atomic E-state index is -1.50. The van der Waals surface area contributed by atoms with Gasteiger partial charge in [0, 0.05) is 19.2 Å². The molecular weight excluding hydrogens is 340 g/mol. The number of carbonyl (C=O) groups is 1. The van der Waals surface area contributed by atoms with Gasteiger partial charge in [0.1, 0.15) is 12.0 Å². The average Bonchev–Trinajstić information content (AvgIpc) is 2.81. The van der Waals surface area contributed by atoms with Gasteiger partial charge in [0.15, 0.2) is 0 Å². The van der Waals surface area contributed by atoms with E-state index in [0.717, 1.165) is 18.4 Å². The molecule has 2 fully saturated rings. The van der Waals surface area contributed by atoms with Crippen LogP contribution < -0.4 is 0 Å². The van der Waals surface area contributed by atoms with Gasteiger partial charge >= 0.3 is 5.97 Å². The minimum Gasteiger partial charge on any atom is -0.462 e. The van der Waals surface area contributed by atoms with Crippen LogP contribution in [-0.2, 0) is 14.3 Å². The summed E-state index contributed by atoms with van der Waals surface area (Å²) >= 11 is 0. The maximum Gasteiger partial charge on any atom is 0.316 e. The fourth-order valence-corrected chi connectivity index (χ4v) is 3.86. The van der Waals surface area contributed by atoms with Crippen LogP contribution in [0.2, 0.25) is 0 Å². The van der Waals surface area contributed by atoms with E-state index < -0.39 is 5.09 Å². The molecule has 3 unspecified atom stereocenters. The Morgan fingerprint density at radius 3 is 2.35 bits per heavy atom. The smallest absolute Gasteiger partial charge is 0.316 e. The highest BCUT2D eigenvalue weighted by atomic mass is 16.9. The summed E-state index contributed by atoms with van der Waals surface area (Å²) in [5, 5.41) is 13.6. The molecule has 2 heterocycles. The SMILES string of the molecule is COCC(C(=O)OC1CC2CCC(C1)N2C)c1ccccc1.O=[N+]([O-])O. The molecule has 0 spiro atoms. The van der Waals surface area contributed by atoms with E-state index in [2.05, 4.69) is 11.9 Å². The van der Waals surface area contributed by atoms with E-state index in [4.69, 9.17) is 24.8 Å². The number of rotatable bonds is 5. The normalized spacial score (nSPS) is 25.7. The fraction of sp³-hybridized carbons (Fsp3) is 0.611. The molecule has 2 saturated heterocycles. The van der Waals surface area contributed by atoms with Gasteiger partial charge < -0.3 is 19.6 Å². The molecule has 0 aliphatic carbocycles. The number of benzene rings is 1. The van der Waals surface area contributed by atoms with E-state index in [1.165, 1.54) is 12.8 Å². The molecule has 8 nitrogen and oxygen atoms in total. The van der Waals surface area contributed by atoms with Crippen molar-refractivity contribution in [2.24, 2.45) is 0 Å². The van der Waals surface area contributed by atoms with Crippen molar-refractivity contribution in [3.63, 3.8) is 0 Å². The topological polar surface area (TPSA) is 102 Å². The molecule has 1 aromatic rings. The number of nitrogens with zero attached hydrogens (tertiary/aromatic N) is 2. The Hall–Kier alpha value is -2.19. The Morgan fingerprint density at radius 1 is 1.31 bits per heavy atom. The maximum absolute atomic E-state index is 12.6. The van der Waals surface area contributed by atoms with Gasteiger partial charge in [0.25, 0.3) is 5.09 Å². The number of methoxy groups -OCH3 is 1. The largest absolute Gasteiger partial charge is 0.462 e. The first kappa shape index (κ1) is 20.1. The van der Waals surface area contributed by atoms with E-state index in [9.17, 15) is 4.79 Å². The lowest BCUT2D eigenvalue weighted by Gasteiger charge is -2.36. The van der Waals surface area contributed by atoms with Gasteiger partial charge in [-0.15, -0.1) is 10.1 Å². The van der Waals surface area contributed by atoms with Crippen molar-refractivity contribution in [3.05, 3.63) is 46.0 Å². The molecule has 0 aromatic heterocycles. The number of carbonyl (C=O) groups excluding carboxylic acids is 1. The predicted molar refractivity (Wildman–Crippen MR) is 93.5 cm³/mol. The summed E-state index contributed by atoms with van der Waals surface area (Å²) < 4.78 is 11.1. The van der Waals surface area contributed by atoms with Gasteiger partial charge in [-0.1, -0.05) is 30.3 Å². The standard InChI is InChI=1S/C18H25NO3.HNO3/c1-19-14-8-9-15(19)11-16(10-14)22-18(20)17(12-21-2)13-6-4-3-5-7-13;2-1(3)4/h3-7,14-17H,8-12H2,1-2H3;(H,2,3,4). The van der Waals surface area contributed by atoms with Crippen molar-refractivity contribution in [1.82, 2.24) is 4.90 Å². The Labute approximate surface area is 152 Å². The van der Waals surface area contributed by atoms with Crippen molar-refractivity contribution in [2.45, 2.75) is 49.8 Å². The van der Waals surface area contributed by atoms with Crippen LogP contribution in [0.25, 0.3) is 0 Å². The molecule has 0 amide bonds. The van der Waals surface area contributed by atoms with E-state index in [1.807, 2.05) is 30.3 Å². The molecule has 1 aromatic carbocycles. The molecule has 8 heteroatoms. The zero-order valence-electron chi connectivity index (χ0n) is 15.1. The van der Waals surface area contributed by atoms with Gasteiger partial charge in [0.05, 0.1) is 6.61 Å². The molecule has 3 rings (SSSR count). The molecule has 0 radical (unpaired) electrons. The molecule has 2 aliphatic rings. The van der Waals surface area contributed by atoms with Crippen LogP contribution in [0, 0.1) is 10.1 Å². The zero-order chi connectivity index (χ0) is 19.1. The van der Waals surface area contributed by atoms with Crippen LogP contribution >= 0.6 is 0 Å². The summed E-state index contributed by atoms with van der Waals surface area (Å²) in [5.74, 6) is -0.481. The monoisotopic (exact) mass is 366 g/mol. The van der Waals surface area contributed by atoms with Crippen LogP contribution in [0.5, 0.6) is 0 Å². The molecule has 2 aliphatic heterocycles. The van der Waals surface area contributed by atoms with Crippen LogP contribution in [0.4, 0.5) is 0 Å². The Balaban J connectivity index is 0.000000552. The second kappa shape index (κ2) is 9.49. The van der Waals surface area contributed by atoms with Crippen molar-refractivity contribution >= 4 is 5.97 Å². The Bertz CT molecular complexity index is 579. The second-order valence-corrected chi connectivity index (χ2v) is 6.74. The molecule has 0 saturated carbocycles. The lowest BCUT2D eigenvalue weighted by atomic mass is 9.98. The summed E-state index contributed by atoms with van der Waals surface area (Å²) in [4.78, 5) is 23.4. The van der Waals surface area contributed by atoms with Crippen LogP contribution in [0.3, 0.4) is 0 Å². The van der Waals surface area contributed by atoms with Gasteiger partial charge in [-0.3, -0.25) is 4.79 Å². The molecular formula is C18H26N2O6. The lowest BCUT2D eigenvalue weighted by Crippen LogP contribution is -2.43. The van der Waals surface area contributed by atoms with E-state index in [-0.39, 0.29) is 18.0 Å². The quantitative estimate of drug-likeness (QED) is 0.484. The maximum atomic E-state index is 12.6. The van der Waals surface area contributed by atoms with Crippen molar-refractivity contribution < 1.29 is 24.6 Å². The number of piperidine rings is 1. The van der Waals surface area contributed by atoms with Crippen molar-refractivity contribution in [3.8, 4) is 0 Å². The van der Waals surface area contributed by atoms with E-state index in [0.29, 0.717) is 18.7 Å². The molecule has 1 N–H and O–H groups in total. The van der Waals surface area contributed by atoms with Gasteiger partial charge in [-0.2, -0.15) is 0 Å². The van der Waals surface area contributed by atoms with Gasteiger partial charge in [-0.05, 0) is 38.3 Å². The molecule has 144 valence electrons. The van der Waals surface area contributed by atoms with E-state index >= 15 is 0 Å². The summed E-state index contributed by atoms with van der Waals surface area (Å²) in [6, 6.07) is 10.9. The van der Waals surface area contributed by atoms with Crippen molar-refractivity contribution in [1.29, 1.82) is 0 Å². The van der Waals surface area contributed by atoms with Gasteiger partial charge in [-0.25, -0.2) is 0 Å². The summed E-state index contributed by atoms with van der Waals surface area (Å²) in [5.41, 5.74) is 0.963. The molecule has 26 heavy (non-hydrogen) atoms. The lowest BCUT2D eigenvalue weighted by molar-refractivity contribution is -0.742. The zero-order valence-corrected chi connectivity index (χ0v) is 15.1. The van der Waals surface area contributed by atoms with Crippen LogP contribution in [-0.4, -0.2) is 60.1 Å². The van der Waals surface area contributed by atoms with E-state index in [1.54, 1.807) is 7.11 Å². The highest BCUT2D eigenvalue weighted by Crippen LogP contribution is 2.36. The number of fused-ring (bicyclic) bond motifs is 2. The third kappa shape index (κ3) is 5.40. The predicted octanol–water partition coefficient (Wildman–Crippen LogP) is 2.24. The highest BCUT2D eigenvalue weighted by Gasteiger charge is 2.40. The van der Waals surface area contributed by atoms with Crippen LogP contribution in [0.1, 0.15) is 37.2 Å². The molecule has 2 bridgehead atoms.